The van der Waals surface area contributed by atoms with Crippen LogP contribution in [-0.2, 0) is 16.0 Å². The lowest BCUT2D eigenvalue weighted by atomic mass is 10.2. The van der Waals surface area contributed by atoms with Gasteiger partial charge < -0.3 is 19.5 Å². The minimum Gasteiger partial charge on any atom is -0.482 e. The van der Waals surface area contributed by atoms with Crippen molar-refractivity contribution in [3.63, 3.8) is 0 Å². The van der Waals surface area contributed by atoms with Gasteiger partial charge in [-0.2, -0.15) is 13.2 Å². The quantitative estimate of drug-likeness (QED) is 0.599. The van der Waals surface area contributed by atoms with Crippen LogP contribution in [0, 0.1) is 6.92 Å². The van der Waals surface area contributed by atoms with Crippen LogP contribution in [0.3, 0.4) is 0 Å². The molecule has 0 saturated heterocycles. The molecule has 0 aliphatic rings. The van der Waals surface area contributed by atoms with Gasteiger partial charge in [0.2, 0.25) is 0 Å². The summed E-state index contributed by atoms with van der Waals surface area (Å²) in [6, 6.07) is 4.51. The van der Waals surface area contributed by atoms with E-state index in [0.29, 0.717) is 18.8 Å². The number of nitrogens with one attached hydrogen (secondary N) is 1. The van der Waals surface area contributed by atoms with Crippen LogP contribution in [0.25, 0.3) is 0 Å². The van der Waals surface area contributed by atoms with E-state index in [0.717, 1.165) is 0 Å². The lowest BCUT2D eigenvalue weighted by Gasteiger charge is -2.16. The maximum atomic E-state index is 12.5. The van der Waals surface area contributed by atoms with E-state index in [-0.39, 0.29) is 23.7 Å². The van der Waals surface area contributed by atoms with Gasteiger partial charge in [0.15, 0.2) is 18.6 Å². The van der Waals surface area contributed by atoms with E-state index >= 15 is 0 Å². The molecule has 0 aliphatic heterocycles. The number of ether oxygens (including phenoxy) is 3. The average Bonchev–Trinajstić information content (AvgIpc) is 3.10. The Labute approximate surface area is 165 Å². The molecular formula is C18H23F3N4O4. The Morgan fingerprint density at radius 2 is 1.93 bits per heavy atom. The maximum Gasteiger partial charge on any atom is 0.422 e. The van der Waals surface area contributed by atoms with Crippen LogP contribution in [0.5, 0.6) is 5.75 Å². The predicted molar refractivity (Wildman–Crippen MR) is 97.7 cm³/mol. The summed E-state index contributed by atoms with van der Waals surface area (Å²) < 4.78 is 54.4. The van der Waals surface area contributed by atoms with Crippen molar-refractivity contribution in [2.24, 2.45) is 0 Å². The molecule has 0 fully saturated rings. The molecule has 0 spiro atoms. The van der Waals surface area contributed by atoms with Crippen LogP contribution in [0.1, 0.15) is 29.9 Å². The first-order chi connectivity index (χ1) is 13.7. The van der Waals surface area contributed by atoms with E-state index in [2.05, 4.69) is 15.6 Å². The zero-order valence-electron chi connectivity index (χ0n) is 16.3. The zero-order chi connectivity index (χ0) is 21.4. The number of aromatic nitrogens is 3. The molecule has 1 N–H and O–H groups in total. The van der Waals surface area contributed by atoms with Gasteiger partial charge in [-0.05, 0) is 38.5 Å². The topological polar surface area (TPSA) is 87.5 Å². The highest BCUT2D eigenvalue weighted by atomic mass is 19.4. The van der Waals surface area contributed by atoms with Crippen LogP contribution >= 0.6 is 0 Å². The van der Waals surface area contributed by atoms with E-state index in [9.17, 15) is 18.0 Å². The lowest BCUT2D eigenvalue weighted by molar-refractivity contribution is -0.153. The van der Waals surface area contributed by atoms with Crippen LogP contribution in [0.4, 0.5) is 18.9 Å². The normalized spacial score (nSPS) is 11.7. The number of hydrogen-bond acceptors (Lipinski definition) is 6. The lowest BCUT2D eigenvalue weighted by Crippen LogP contribution is -2.24. The Morgan fingerprint density at radius 1 is 1.24 bits per heavy atom. The SMILES string of the molecule is CCOC(Cn1cc(C(=O)Nc2ccc(C)cc2OCC(F)(F)F)nn1)OCC. The largest absolute Gasteiger partial charge is 0.482 e. The van der Waals surface area contributed by atoms with Crippen LogP contribution in [-0.4, -0.2) is 53.2 Å². The molecule has 1 aromatic heterocycles. The summed E-state index contributed by atoms with van der Waals surface area (Å²) in [5, 5.41) is 10.1. The molecule has 2 rings (SSSR count). The van der Waals surface area contributed by atoms with Crippen molar-refractivity contribution in [1.29, 1.82) is 0 Å². The number of anilines is 1. The van der Waals surface area contributed by atoms with Crippen LogP contribution in [0.2, 0.25) is 0 Å². The molecular weight excluding hydrogens is 393 g/mol. The number of carbonyl (C=O) groups is 1. The number of carbonyl (C=O) groups excluding carboxylic acids is 1. The highest BCUT2D eigenvalue weighted by Gasteiger charge is 2.29. The molecule has 0 saturated carbocycles. The second-order valence-corrected chi connectivity index (χ2v) is 6.02. The maximum absolute atomic E-state index is 12.5. The van der Waals surface area contributed by atoms with Crippen molar-refractivity contribution >= 4 is 11.6 Å². The van der Waals surface area contributed by atoms with E-state index in [4.69, 9.17) is 14.2 Å². The molecule has 1 aromatic carbocycles. The molecule has 0 atom stereocenters. The molecule has 0 unspecified atom stereocenters. The van der Waals surface area contributed by atoms with E-state index in [1.54, 1.807) is 13.0 Å². The van der Waals surface area contributed by atoms with Crippen LogP contribution < -0.4 is 10.1 Å². The van der Waals surface area contributed by atoms with Gasteiger partial charge in [0.25, 0.3) is 5.91 Å². The zero-order valence-corrected chi connectivity index (χ0v) is 16.3. The van der Waals surface area contributed by atoms with Gasteiger partial charge in [0.1, 0.15) is 5.75 Å². The Bertz CT molecular complexity index is 805. The summed E-state index contributed by atoms with van der Waals surface area (Å²) in [6.45, 7) is 5.00. The fraction of sp³-hybridized carbons (Fsp3) is 0.500. The summed E-state index contributed by atoms with van der Waals surface area (Å²) in [6.07, 6.45) is -3.64. The number of alkyl halides is 3. The number of hydrogen-bond donors (Lipinski definition) is 1. The number of halogens is 3. The molecule has 29 heavy (non-hydrogen) atoms. The second kappa shape index (κ2) is 10.2. The van der Waals surface area contributed by atoms with E-state index in [1.165, 1.54) is 23.0 Å². The molecule has 0 radical (unpaired) electrons. The van der Waals surface area contributed by atoms with Crippen molar-refractivity contribution in [3.8, 4) is 5.75 Å². The predicted octanol–water partition coefficient (Wildman–Crippen LogP) is 3.18. The van der Waals surface area contributed by atoms with Gasteiger partial charge in [-0.1, -0.05) is 11.3 Å². The summed E-state index contributed by atoms with van der Waals surface area (Å²) in [5.41, 5.74) is 0.768. The average molecular weight is 416 g/mol. The summed E-state index contributed by atoms with van der Waals surface area (Å²) >= 11 is 0. The monoisotopic (exact) mass is 416 g/mol. The highest BCUT2D eigenvalue weighted by Crippen LogP contribution is 2.28. The first-order valence-electron chi connectivity index (χ1n) is 8.96. The minimum absolute atomic E-state index is 0.0147. The Kier molecular flexibility index (Phi) is 7.97. The van der Waals surface area contributed by atoms with Crippen molar-refractivity contribution in [2.75, 3.05) is 25.1 Å². The second-order valence-electron chi connectivity index (χ2n) is 6.02. The molecule has 0 bridgehead atoms. The van der Waals surface area contributed by atoms with Crippen molar-refractivity contribution in [2.45, 2.75) is 39.8 Å². The number of amides is 1. The third-order valence-corrected chi connectivity index (χ3v) is 3.59. The van der Waals surface area contributed by atoms with Gasteiger partial charge in [-0.3, -0.25) is 4.79 Å². The molecule has 0 aliphatic carbocycles. The number of aryl methyl sites for hydroxylation is 1. The summed E-state index contributed by atoms with van der Waals surface area (Å²) in [4.78, 5) is 12.4. The standard InChI is InChI=1S/C18H23F3N4O4/c1-4-27-16(28-5-2)10-25-9-14(23-24-25)17(26)22-13-7-6-12(3)8-15(13)29-11-18(19,20)21/h6-9,16H,4-5,10-11H2,1-3H3,(H,22,26). The third kappa shape index (κ3) is 7.35. The Balaban J connectivity index is 2.08. The number of nitrogens with zero attached hydrogens (tertiary/aromatic N) is 3. The third-order valence-electron chi connectivity index (χ3n) is 3.59. The molecule has 8 nitrogen and oxygen atoms in total. The smallest absolute Gasteiger partial charge is 0.422 e. The number of benzene rings is 1. The molecule has 1 amide bonds. The van der Waals surface area contributed by atoms with Gasteiger partial charge in [-0.25, -0.2) is 4.68 Å². The molecule has 2 aromatic rings. The fourth-order valence-electron chi connectivity index (χ4n) is 2.37. The summed E-state index contributed by atoms with van der Waals surface area (Å²) in [7, 11) is 0. The van der Waals surface area contributed by atoms with Crippen molar-refractivity contribution in [3.05, 3.63) is 35.7 Å². The Hall–Kier alpha value is -2.66. The molecule has 11 heteroatoms. The Morgan fingerprint density at radius 3 is 2.55 bits per heavy atom. The first kappa shape index (κ1) is 22.6. The van der Waals surface area contributed by atoms with Gasteiger partial charge in [-0.15, -0.1) is 5.10 Å². The van der Waals surface area contributed by atoms with E-state index in [1.807, 2.05) is 13.8 Å². The molecule has 1 heterocycles. The highest BCUT2D eigenvalue weighted by molar-refractivity contribution is 6.03. The van der Waals surface area contributed by atoms with Crippen molar-refractivity contribution < 1.29 is 32.2 Å². The minimum atomic E-state index is -4.49. The molecule has 160 valence electrons. The van der Waals surface area contributed by atoms with Gasteiger partial charge in [0.05, 0.1) is 18.4 Å². The van der Waals surface area contributed by atoms with Gasteiger partial charge in [0, 0.05) is 13.2 Å². The number of rotatable bonds is 10. The van der Waals surface area contributed by atoms with E-state index < -0.39 is 25.0 Å². The fourth-order valence-corrected chi connectivity index (χ4v) is 2.37. The first-order valence-corrected chi connectivity index (χ1v) is 8.96. The van der Waals surface area contributed by atoms with Crippen molar-refractivity contribution in [1.82, 2.24) is 15.0 Å². The van der Waals surface area contributed by atoms with Gasteiger partial charge >= 0.3 is 6.18 Å². The van der Waals surface area contributed by atoms with Crippen LogP contribution in [0.15, 0.2) is 24.4 Å². The summed E-state index contributed by atoms with van der Waals surface area (Å²) in [5.74, 6) is -0.725.